The maximum absolute atomic E-state index is 13.0. The van der Waals surface area contributed by atoms with Gasteiger partial charge in [0.05, 0.1) is 11.9 Å². The molecule has 0 fully saturated rings. The molecule has 0 bridgehead atoms. The fraction of sp³-hybridized carbons (Fsp3) is 0.875. The molecule has 0 heterocycles. The predicted octanol–water partition coefficient (Wildman–Crippen LogP) is 15.4. The van der Waals surface area contributed by atoms with E-state index in [0.717, 1.165) is 154 Å². The first-order chi connectivity index (χ1) is 31.2. The highest BCUT2D eigenvalue weighted by atomic mass is 16.5. The lowest BCUT2D eigenvalue weighted by Crippen LogP contribution is -2.43. The average Bonchev–Trinajstić information content (AvgIpc) is 3.27. The molecule has 8 nitrogen and oxygen atoms in total. The first kappa shape index (κ1) is 59.7. The predicted molar refractivity (Wildman–Crippen MR) is 278 cm³/mol. The summed E-state index contributed by atoms with van der Waals surface area (Å²) >= 11 is 0. The van der Waals surface area contributed by atoms with Gasteiger partial charge in [0.2, 0.25) is 0 Å². The average molecular weight is 900 g/mol. The summed E-state index contributed by atoms with van der Waals surface area (Å²) in [6, 6.07) is 0. The van der Waals surface area contributed by atoms with Gasteiger partial charge in [0.1, 0.15) is 17.5 Å². The molecule has 1 N–H and O–H groups in total. The Morgan fingerprint density at radius 1 is 0.484 bits per heavy atom. The fourth-order valence-electron chi connectivity index (χ4n) is 9.05. The molecule has 1 unspecified atom stereocenters. The number of nitrogens with zero attached hydrogens (tertiary/aromatic N) is 2. The molecule has 1 aromatic carbocycles. The van der Waals surface area contributed by atoms with Crippen molar-refractivity contribution in [1.82, 2.24) is 4.90 Å². The van der Waals surface area contributed by atoms with Crippen LogP contribution >= 0.6 is 0 Å². The van der Waals surface area contributed by atoms with E-state index >= 15 is 0 Å². The number of hydrogen-bond acceptors (Lipinski definition) is 8. The molecule has 0 aliphatic carbocycles. The normalized spacial score (nSPS) is 12.1. The van der Waals surface area contributed by atoms with Crippen LogP contribution in [0.2, 0.25) is 0 Å². The van der Waals surface area contributed by atoms with Crippen molar-refractivity contribution < 1.29 is 14.3 Å². The lowest BCUT2D eigenvalue weighted by Gasteiger charge is -2.28. The van der Waals surface area contributed by atoms with Crippen molar-refractivity contribution in [3.63, 3.8) is 0 Å². The summed E-state index contributed by atoms with van der Waals surface area (Å²) in [7, 11) is 4.15. The quantitative estimate of drug-likeness (QED) is 0.0299. The molecule has 374 valence electrons. The molecule has 0 aliphatic rings. The minimum absolute atomic E-state index is 0.0207. The Morgan fingerprint density at radius 3 is 1.39 bits per heavy atom. The number of hydrogen-bond donors (Lipinski definition) is 1. The maximum atomic E-state index is 13.0. The van der Waals surface area contributed by atoms with E-state index in [1.165, 1.54) is 103 Å². The summed E-state index contributed by atoms with van der Waals surface area (Å²) in [5.41, 5.74) is 0.428. The van der Waals surface area contributed by atoms with Crippen LogP contribution in [-0.2, 0) is 14.3 Å². The van der Waals surface area contributed by atoms with E-state index < -0.39 is 0 Å². The Bertz CT molecular complexity index is 1290. The summed E-state index contributed by atoms with van der Waals surface area (Å²) in [5.74, 6) is 0.927. The van der Waals surface area contributed by atoms with E-state index in [1.54, 1.807) is 0 Å². The van der Waals surface area contributed by atoms with E-state index in [9.17, 15) is 14.4 Å². The molecular formula is C56H105N3O5. The lowest BCUT2D eigenvalue weighted by atomic mass is 10.0. The molecule has 8 heteroatoms. The zero-order chi connectivity index (χ0) is 46.9. The Balaban J connectivity index is 2.58. The highest BCUT2D eigenvalue weighted by Crippen LogP contribution is 2.24. The van der Waals surface area contributed by atoms with Gasteiger partial charge in [0.25, 0.3) is 10.9 Å². The monoisotopic (exact) mass is 900 g/mol. The highest BCUT2D eigenvalue weighted by molar-refractivity contribution is 5.75. The Morgan fingerprint density at radius 2 is 0.906 bits per heavy atom. The van der Waals surface area contributed by atoms with Crippen molar-refractivity contribution in [3.8, 4) is 0 Å². The third kappa shape index (κ3) is 31.5. The standard InChI is InChI=1S/C56H105N3O5/c1-8-12-15-18-24-31-41-50(39-11-4)63-49(5)40-30-23-21-28-36-47-59(54-53(55(61)56(54)62)57-45-35-38-46-58(6)7)48-37-29-22-27-34-44-52(60)64-51(42-32-25-19-16-13-9-2)43-33-26-20-17-14-10-3/h50-51,57H,5,8-48H2,1-4,6-7H3. The highest BCUT2D eigenvalue weighted by Gasteiger charge is 2.25. The minimum Gasteiger partial charge on any atom is -0.495 e. The number of unbranched alkanes of at least 4 members (excludes halogenated alkanes) is 24. The van der Waals surface area contributed by atoms with Gasteiger partial charge in [-0.05, 0) is 104 Å². The van der Waals surface area contributed by atoms with Gasteiger partial charge in [0.15, 0.2) is 0 Å². The molecule has 1 atom stereocenters. The van der Waals surface area contributed by atoms with Gasteiger partial charge in [-0.3, -0.25) is 14.4 Å². The van der Waals surface area contributed by atoms with Crippen molar-refractivity contribution in [1.29, 1.82) is 0 Å². The van der Waals surface area contributed by atoms with Crippen LogP contribution in [0.15, 0.2) is 21.9 Å². The second kappa shape index (κ2) is 42.0. The third-order valence-corrected chi connectivity index (χ3v) is 13.1. The zero-order valence-corrected chi connectivity index (χ0v) is 43.3. The number of ether oxygens (including phenoxy) is 2. The second-order valence-electron chi connectivity index (χ2n) is 19.7. The summed E-state index contributed by atoms with van der Waals surface area (Å²) in [4.78, 5) is 43.1. The molecule has 0 saturated heterocycles. The zero-order valence-electron chi connectivity index (χ0n) is 43.3. The van der Waals surface area contributed by atoms with E-state index in [-0.39, 0.29) is 22.9 Å². The Labute approximate surface area is 395 Å². The molecule has 0 aliphatic heterocycles. The van der Waals surface area contributed by atoms with Crippen LogP contribution < -0.4 is 21.1 Å². The molecule has 1 rings (SSSR count). The summed E-state index contributed by atoms with van der Waals surface area (Å²) in [6.45, 7) is 16.6. The smallest absolute Gasteiger partial charge is 0.306 e. The summed E-state index contributed by atoms with van der Waals surface area (Å²) < 4.78 is 12.4. The van der Waals surface area contributed by atoms with Crippen molar-refractivity contribution in [2.45, 2.75) is 277 Å². The molecule has 0 aromatic heterocycles. The van der Waals surface area contributed by atoms with Gasteiger partial charge in [-0.1, -0.05) is 176 Å². The van der Waals surface area contributed by atoms with Crippen LogP contribution in [0.3, 0.4) is 0 Å². The van der Waals surface area contributed by atoms with Crippen LogP contribution in [0, 0.1) is 0 Å². The maximum Gasteiger partial charge on any atom is 0.306 e. The van der Waals surface area contributed by atoms with Gasteiger partial charge in [0, 0.05) is 32.5 Å². The molecule has 64 heavy (non-hydrogen) atoms. The van der Waals surface area contributed by atoms with E-state index in [4.69, 9.17) is 9.47 Å². The van der Waals surface area contributed by atoms with Gasteiger partial charge < -0.3 is 24.6 Å². The van der Waals surface area contributed by atoms with E-state index in [0.29, 0.717) is 30.4 Å². The van der Waals surface area contributed by atoms with Crippen LogP contribution in [0.4, 0.5) is 11.4 Å². The fourth-order valence-corrected chi connectivity index (χ4v) is 9.05. The lowest BCUT2D eigenvalue weighted by molar-refractivity contribution is -0.150. The molecule has 0 saturated carbocycles. The number of anilines is 2. The van der Waals surface area contributed by atoms with E-state index in [2.05, 4.69) is 63.5 Å². The molecular weight excluding hydrogens is 795 g/mol. The van der Waals surface area contributed by atoms with E-state index in [1.807, 2.05) is 0 Å². The topological polar surface area (TPSA) is 88.2 Å². The van der Waals surface area contributed by atoms with Crippen LogP contribution in [-0.4, -0.2) is 63.4 Å². The van der Waals surface area contributed by atoms with Crippen molar-refractivity contribution in [2.24, 2.45) is 0 Å². The number of carbonyl (C=O) groups excluding carboxylic acids is 1. The largest absolute Gasteiger partial charge is 0.495 e. The SMILES string of the molecule is C=C(CCCCCCCN(CCCCCCCC(=O)OC(CCCCCCCC)CCCCCCCC)c1c(NCCCCN(C)C)c(=O)c1=O)OC(CCC)CCCCCCCC. The van der Waals surface area contributed by atoms with Gasteiger partial charge in [-0.15, -0.1) is 0 Å². The van der Waals surface area contributed by atoms with Gasteiger partial charge in [-0.2, -0.15) is 0 Å². The Hall–Kier alpha value is -2.35. The molecule has 1 aromatic rings. The summed E-state index contributed by atoms with van der Waals surface area (Å²) in [6.07, 6.45) is 42.7. The van der Waals surface area contributed by atoms with Crippen molar-refractivity contribution in [2.75, 3.05) is 50.5 Å². The third-order valence-electron chi connectivity index (χ3n) is 13.1. The number of carbonyl (C=O) groups is 1. The van der Waals surface area contributed by atoms with Crippen molar-refractivity contribution in [3.05, 3.63) is 32.8 Å². The molecule has 0 radical (unpaired) electrons. The number of allylic oxidation sites excluding steroid dienone is 1. The molecule has 0 amide bonds. The summed E-state index contributed by atoms with van der Waals surface area (Å²) in [5, 5.41) is 3.34. The first-order valence-electron chi connectivity index (χ1n) is 27.7. The minimum atomic E-state index is -0.365. The number of esters is 1. The van der Waals surface area contributed by atoms with Crippen LogP contribution in [0.1, 0.15) is 265 Å². The van der Waals surface area contributed by atoms with Gasteiger partial charge in [-0.25, -0.2) is 0 Å². The van der Waals surface area contributed by atoms with Crippen molar-refractivity contribution >= 4 is 17.3 Å². The number of nitrogens with one attached hydrogen (secondary N) is 1. The second-order valence-corrected chi connectivity index (χ2v) is 19.7. The Kier molecular flexibility index (Phi) is 39.2. The van der Waals surface area contributed by atoms with Crippen LogP contribution in [0.5, 0.6) is 0 Å². The molecule has 0 spiro atoms. The van der Waals surface area contributed by atoms with Gasteiger partial charge >= 0.3 is 5.97 Å². The van der Waals surface area contributed by atoms with Crippen LogP contribution in [0.25, 0.3) is 0 Å². The first-order valence-corrected chi connectivity index (χ1v) is 27.7. The number of rotatable bonds is 49.